The van der Waals surface area contributed by atoms with Gasteiger partial charge in [-0.3, -0.25) is 9.48 Å². The van der Waals surface area contributed by atoms with Crippen LogP contribution >= 0.6 is 0 Å². The number of benzene rings is 2. The minimum absolute atomic E-state index is 0.109. The molecule has 2 aliphatic heterocycles. The molecular formula is C29H34FN7O3. The lowest BCUT2D eigenvalue weighted by Gasteiger charge is -2.38. The van der Waals surface area contributed by atoms with E-state index in [1.165, 1.54) is 6.07 Å². The molecule has 0 bridgehead atoms. The first-order valence-corrected chi connectivity index (χ1v) is 13.6. The Hall–Kier alpha value is -3.83. The first-order valence-electron chi connectivity index (χ1n) is 13.6. The van der Waals surface area contributed by atoms with Crippen LogP contribution in [-0.4, -0.2) is 70.6 Å². The first kappa shape index (κ1) is 26.4. The quantitative estimate of drug-likeness (QED) is 0.375. The summed E-state index contributed by atoms with van der Waals surface area (Å²) in [5.41, 5.74) is 2.27. The van der Waals surface area contributed by atoms with Crippen LogP contribution in [0, 0.1) is 11.2 Å². The van der Waals surface area contributed by atoms with Crippen LogP contribution in [0.25, 0.3) is 21.8 Å². The standard InChI is InChI=1S/C29H34FN7O3/c1-17-12-37(13-18(2)32-17)24-6-5-21(27(38)33-20-9-19-14-36(4)35-25(19)23(30)10-20)26-22(24)11-31-28(34-26)40-16-29(3)7-8-39-15-29/h5-6,9-11,14,17-18,32H,7-8,12-13,15-16H2,1-4H3,(H,33,38). The average Bonchev–Trinajstić information content (AvgIpc) is 3.51. The molecule has 4 heterocycles. The first-order chi connectivity index (χ1) is 19.2. The van der Waals surface area contributed by atoms with Crippen molar-refractivity contribution in [2.24, 2.45) is 12.5 Å². The van der Waals surface area contributed by atoms with Gasteiger partial charge in [-0.2, -0.15) is 10.1 Å². The second-order valence-electron chi connectivity index (χ2n) is 11.5. The maximum absolute atomic E-state index is 14.7. The molecule has 0 saturated carbocycles. The zero-order valence-electron chi connectivity index (χ0n) is 23.2. The highest BCUT2D eigenvalue weighted by Crippen LogP contribution is 2.33. The largest absolute Gasteiger partial charge is 0.463 e. The van der Waals surface area contributed by atoms with Crippen molar-refractivity contribution in [3.05, 3.63) is 48.0 Å². The molecule has 2 aromatic heterocycles. The fourth-order valence-corrected chi connectivity index (χ4v) is 5.69. The third-order valence-electron chi connectivity index (χ3n) is 7.63. The number of carbonyl (C=O) groups excluding carboxylic acids is 1. The summed E-state index contributed by atoms with van der Waals surface area (Å²) in [7, 11) is 1.73. The smallest absolute Gasteiger partial charge is 0.316 e. The van der Waals surface area contributed by atoms with Gasteiger partial charge in [0.1, 0.15) is 5.52 Å². The third kappa shape index (κ3) is 5.18. The molecule has 2 N–H and O–H groups in total. The number of carbonyl (C=O) groups is 1. The number of piperazine rings is 1. The lowest BCUT2D eigenvalue weighted by molar-refractivity contribution is 0.102. The highest BCUT2D eigenvalue weighted by atomic mass is 19.1. The normalized spacial score (nSPS) is 23.2. The molecule has 0 aliphatic carbocycles. The van der Waals surface area contributed by atoms with E-state index >= 15 is 0 Å². The van der Waals surface area contributed by atoms with Gasteiger partial charge >= 0.3 is 6.01 Å². The Morgan fingerprint density at radius 2 is 2.05 bits per heavy atom. The summed E-state index contributed by atoms with van der Waals surface area (Å²) in [6.45, 7) is 9.79. The van der Waals surface area contributed by atoms with Gasteiger partial charge in [0.15, 0.2) is 5.82 Å². The van der Waals surface area contributed by atoms with Gasteiger partial charge in [0.2, 0.25) is 0 Å². The van der Waals surface area contributed by atoms with Crippen LogP contribution < -0.4 is 20.3 Å². The second-order valence-corrected chi connectivity index (χ2v) is 11.5. The Labute approximate surface area is 231 Å². The number of nitrogens with zero attached hydrogens (tertiary/aromatic N) is 5. The van der Waals surface area contributed by atoms with E-state index in [9.17, 15) is 9.18 Å². The number of rotatable bonds is 6. The van der Waals surface area contributed by atoms with E-state index in [1.807, 2.05) is 6.07 Å². The zero-order valence-corrected chi connectivity index (χ0v) is 23.2. The fourth-order valence-electron chi connectivity index (χ4n) is 5.69. The number of hydrogen-bond donors (Lipinski definition) is 2. The highest BCUT2D eigenvalue weighted by molar-refractivity contribution is 6.14. The van der Waals surface area contributed by atoms with Gasteiger partial charge in [-0.15, -0.1) is 0 Å². The Kier molecular flexibility index (Phi) is 6.79. The van der Waals surface area contributed by atoms with Crippen LogP contribution in [0.5, 0.6) is 6.01 Å². The fraction of sp³-hybridized carbons (Fsp3) is 0.448. The predicted molar refractivity (Wildman–Crippen MR) is 151 cm³/mol. The molecule has 3 atom stereocenters. The number of ether oxygens (including phenoxy) is 2. The zero-order chi connectivity index (χ0) is 28.0. The number of anilines is 2. The predicted octanol–water partition coefficient (Wildman–Crippen LogP) is 3.90. The van der Waals surface area contributed by atoms with Crippen LogP contribution in [-0.2, 0) is 11.8 Å². The van der Waals surface area contributed by atoms with Crippen molar-refractivity contribution in [1.82, 2.24) is 25.1 Å². The van der Waals surface area contributed by atoms with Gasteiger partial charge in [0, 0.05) is 78.8 Å². The van der Waals surface area contributed by atoms with Gasteiger partial charge in [0.25, 0.3) is 5.91 Å². The van der Waals surface area contributed by atoms with Gasteiger partial charge in [-0.25, -0.2) is 9.37 Å². The molecule has 3 unspecified atom stereocenters. The molecule has 2 fully saturated rings. The Morgan fingerprint density at radius 1 is 1.25 bits per heavy atom. The summed E-state index contributed by atoms with van der Waals surface area (Å²) in [6, 6.07) is 7.50. The van der Waals surface area contributed by atoms with E-state index in [0.717, 1.165) is 30.6 Å². The number of nitrogens with one attached hydrogen (secondary N) is 2. The molecule has 6 rings (SSSR count). The van der Waals surface area contributed by atoms with Gasteiger partial charge < -0.3 is 25.0 Å². The molecule has 10 nitrogen and oxygen atoms in total. The Balaban J connectivity index is 1.36. The number of aryl methyl sites for hydroxylation is 1. The topological polar surface area (TPSA) is 106 Å². The summed E-state index contributed by atoms with van der Waals surface area (Å²) >= 11 is 0. The molecule has 2 saturated heterocycles. The van der Waals surface area contributed by atoms with Crippen LogP contribution in [0.3, 0.4) is 0 Å². The van der Waals surface area contributed by atoms with Crippen molar-refractivity contribution in [2.75, 3.05) is 43.1 Å². The average molecular weight is 548 g/mol. The van der Waals surface area contributed by atoms with Crippen LogP contribution in [0.4, 0.5) is 15.8 Å². The molecule has 40 heavy (non-hydrogen) atoms. The van der Waals surface area contributed by atoms with Gasteiger partial charge in [-0.1, -0.05) is 6.92 Å². The molecule has 1 amide bonds. The lowest BCUT2D eigenvalue weighted by atomic mass is 9.91. The molecule has 4 aromatic rings. The van der Waals surface area contributed by atoms with Crippen molar-refractivity contribution in [3.8, 4) is 6.01 Å². The summed E-state index contributed by atoms with van der Waals surface area (Å²) in [5, 5.41) is 11.9. The number of aromatic nitrogens is 4. The van der Waals surface area contributed by atoms with Crippen molar-refractivity contribution in [3.63, 3.8) is 0 Å². The summed E-state index contributed by atoms with van der Waals surface area (Å²) in [4.78, 5) is 25.1. The number of amides is 1. The summed E-state index contributed by atoms with van der Waals surface area (Å²) < 4.78 is 27.8. The third-order valence-corrected chi connectivity index (χ3v) is 7.63. The monoisotopic (exact) mass is 547 g/mol. The molecule has 2 aromatic carbocycles. The SMILES string of the molecule is CC1CN(c2ccc(C(=O)Nc3cc(F)c4nn(C)cc4c3)c3nc(OCC4(C)CCOC4)ncc23)CC(C)N1. The van der Waals surface area contributed by atoms with Gasteiger partial charge in [0.05, 0.1) is 24.3 Å². The van der Waals surface area contributed by atoms with E-state index < -0.39 is 11.7 Å². The number of fused-ring (bicyclic) bond motifs is 2. The number of halogens is 1. The van der Waals surface area contributed by atoms with Crippen LogP contribution in [0.15, 0.2) is 36.7 Å². The van der Waals surface area contributed by atoms with Crippen molar-refractivity contribution in [2.45, 2.75) is 39.3 Å². The minimum Gasteiger partial charge on any atom is -0.463 e. The Morgan fingerprint density at radius 3 is 2.80 bits per heavy atom. The summed E-state index contributed by atoms with van der Waals surface area (Å²) in [6.07, 6.45) is 4.34. The number of hydrogen-bond acceptors (Lipinski definition) is 8. The van der Waals surface area contributed by atoms with E-state index in [-0.39, 0.29) is 16.9 Å². The van der Waals surface area contributed by atoms with Crippen molar-refractivity contribution >= 4 is 39.1 Å². The van der Waals surface area contributed by atoms with Crippen molar-refractivity contribution in [1.29, 1.82) is 0 Å². The lowest BCUT2D eigenvalue weighted by Crippen LogP contribution is -2.54. The van der Waals surface area contributed by atoms with Crippen LogP contribution in [0.1, 0.15) is 37.6 Å². The highest BCUT2D eigenvalue weighted by Gasteiger charge is 2.31. The molecule has 2 aliphatic rings. The van der Waals surface area contributed by atoms with Gasteiger partial charge in [-0.05, 0) is 44.5 Å². The maximum Gasteiger partial charge on any atom is 0.316 e. The maximum atomic E-state index is 14.7. The summed E-state index contributed by atoms with van der Waals surface area (Å²) in [5.74, 6) is -0.903. The molecule has 0 radical (unpaired) electrons. The van der Waals surface area contributed by atoms with Crippen molar-refractivity contribution < 1.29 is 18.7 Å². The van der Waals surface area contributed by atoms with E-state index in [4.69, 9.17) is 14.5 Å². The molecule has 210 valence electrons. The molecule has 11 heteroatoms. The minimum atomic E-state index is -0.502. The van der Waals surface area contributed by atoms with E-state index in [0.29, 0.717) is 54.1 Å². The van der Waals surface area contributed by atoms with E-state index in [2.05, 4.69) is 46.4 Å². The molecule has 0 spiro atoms. The van der Waals surface area contributed by atoms with Crippen LogP contribution in [0.2, 0.25) is 0 Å². The van der Waals surface area contributed by atoms with E-state index in [1.54, 1.807) is 36.3 Å². The Bertz CT molecular complexity index is 1570. The molecular weight excluding hydrogens is 513 g/mol. The second kappa shape index (κ2) is 10.3.